The molecule has 4 aromatic rings. The zero-order chi connectivity index (χ0) is 30.0. The molecular weight excluding hydrogens is 587 g/mol. The summed E-state index contributed by atoms with van der Waals surface area (Å²) < 4.78 is 93.1. The normalized spacial score (nSPS) is 13.0. The third kappa shape index (κ3) is 6.30. The molecule has 0 fully saturated rings. The molecule has 0 spiro atoms. The van der Waals surface area contributed by atoms with Gasteiger partial charge in [0, 0.05) is 12.1 Å². The molecule has 4 aromatic carbocycles. The summed E-state index contributed by atoms with van der Waals surface area (Å²) >= 11 is 0. The molecule has 12 heteroatoms. The number of sulfone groups is 2. The highest BCUT2D eigenvalue weighted by Gasteiger charge is 2.30. The Balaban J connectivity index is 1.68. The molecule has 1 N–H and O–H groups in total. The molecule has 0 bridgehead atoms. The quantitative estimate of drug-likeness (QED) is 0.271. The van der Waals surface area contributed by atoms with Crippen LogP contribution in [0, 0.1) is 6.92 Å². The average molecular weight is 616 g/mol. The van der Waals surface area contributed by atoms with Crippen LogP contribution in [-0.2, 0) is 29.7 Å². The van der Waals surface area contributed by atoms with Crippen LogP contribution in [-0.4, -0.2) is 39.5 Å². The third-order valence-corrected chi connectivity index (χ3v) is 11.8. The molecule has 0 radical (unpaired) electrons. The van der Waals surface area contributed by atoms with Crippen LogP contribution < -0.4 is 14.2 Å². The van der Waals surface area contributed by atoms with Crippen molar-refractivity contribution in [2.24, 2.45) is 0 Å². The third-order valence-electron chi connectivity index (χ3n) is 6.45. The number of aryl methyl sites for hydroxylation is 1. The van der Waals surface area contributed by atoms with Gasteiger partial charge in [0.25, 0.3) is 0 Å². The Kier molecular flexibility index (Phi) is 8.59. The van der Waals surface area contributed by atoms with Crippen LogP contribution in [0.1, 0.15) is 24.1 Å². The van der Waals surface area contributed by atoms with Crippen LogP contribution in [0.4, 0.5) is 0 Å². The molecule has 4 rings (SSSR count). The van der Waals surface area contributed by atoms with Crippen LogP contribution >= 0.6 is 0 Å². The molecule has 0 saturated carbocycles. The zero-order valence-electron chi connectivity index (χ0n) is 22.7. The Bertz CT molecular complexity index is 1870. The van der Waals surface area contributed by atoms with Gasteiger partial charge in [0.2, 0.25) is 29.7 Å². The van der Waals surface area contributed by atoms with Crippen LogP contribution in [0.2, 0.25) is 0 Å². The second kappa shape index (κ2) is 11.6. The van der Waals surface area contributed by atoms with E-state index >= 15 is 0 Å². The number of methoxy groups -OCH3 is 2. The van der Waals surface area contributed by atoms with Crippen molar-refractivity contribution in [2.75, 3.05) is 14.2 Å². The number of benzene rings is 4. The van der Waals surface area contributed by atoms with Gasteiger partial charge < -0.3 is 9.47 Å². The van der Waals surface area contributed by atoms with Crippen molar-refractivity contribution in [2.45, 2.75) is 44.4 Å². The van der Waals surface area contributed by atoms with E-state index in [4.69, 9.17) is 9.47 Å². The highest BCUT2D eigenvalue weighted by Crippen LogP contribution is 2.34. The number of sulfonamides is 1. The zero-order valence-corrected chi connectivity index (χ0v) is 25.2. The minimum atomic E-state index is -4.32. The van der Waals surface area contributed by atoms with Crippen LogP contribution in [0.3, 0.4) is 0 Å². The maximum atomic E-state index is 13.7. The Labute approximate surface area is 240 Å². The van der Waals surface area contributed by atoms with Crippen LogP contribution in [0.25, 0.3) is 0 Å². The van der Waals surface area contributed by atoms with E-state index in [1.165, 1.54) is 93.1 Å². The smallest absolute Gasteiger partial charge is 0.241 e. The van der Waals surface area contributed by atoms with Gasteiger partial charge in [-0.05, 0) is 80.1 Å². The van der Waals surface area contributed by atoms with Gasteiger partial charge in [0.15, 0.2) is 0 Å². The molecule has 0 aliphatic rings. The lowest BCUT2D eigenvalue weighted by Gasteiger charge is -2.16. The van der Waals surface area contributed by atoms with E-state index in [0.29, 0.717) is 11.3 Å². The van der Waals surface area contributed by atoms with Gasteiger partial charge in [-0.25, -0.2) is 30.0 Å². The fourth-order valence-electron chi connectivity index (χ4n) is 4.08. The van der Waals surface area contributed by atoms with E-state index in [-0.39, 0.29) is 20.4 Å². The summed E-state index contributed by atoms with van der Waals surface area (Å²) in [5, 5.41) is 0. The largest absolute Gasteiger partial charge is 0.497 e. The summed E-state index contributed by atoms with van der Waals surface area (Å²) in [6, 6.07) is 20.7. The second-order valence-electron chi connectivity index (χ2n) is 9.22. The first-order valence-electron chi connectivity index (χ1n) is 12.3. The van der Waals surface area contributed by atoms with Gasteiger partial charge in [-0.2, -0.15) is 0 Å². The molecule has 0 aromatic heterocycles. The summed E-state index contributed by atoms with van der Waals surface area (Å²) in [6.45, 7) is 3.49. The van der Waals surface area contributed by atoms with Gasteiger partial charge in [0.1, 0.15) is 11.5 Å². The number of hydrogen-bond acceptors (Lipinski definition) is 8. The molecule has 0 heterocycles. The molecule has 0 aliphatic carbocycles. The van der Waals surface area contributed by atoms with E-state index in [2.05, 4.69) is 4.72 Å². The Morgan fingerprint density at radius 2 is 1.05 bits per heavy atom. The number of ether oxygens (including phenoxy) is 2. The van der Waals surface area contributed by atoms with E-state index in [9.17, 15) is 25.3 Å². The minimum absolute atomic E-state index is 0.110. The van der Waals surface area contributed by atoms with Gasteiger partial charge in [0.05, 0.1) is 38.7 Å². The molecule has 0 amide bonds. The predicted octanol–water partition coefficient (Wildman–Crippen LogP) is 4.72. The van der Waals surface area contributed by atoms with Crippen LogP contribution in [0.15, 0.2) is 115 Å². The Hall–Kier alpha value is -3.71. The lowest BCUT2D eigenvalue weighted by molar-refractivity contribution is 0.412. The van der Waals surface area contributed by atoms with Gasteiger partial charge in [-0.15, -0.1) is 0 Å². The predicted molar refractivity (Wildman–Crippen MR) is 153 cm³/mol. The molecule has 0 aliphatic heterocycles. The summed E-state index contributed by atoms with van der Waals surface area (Å²) in [4.78, 5) is -1.03. The van der Waals surface area contributed by atoms with Crippen LogP contribution in [0.5, 0.6) is 11.5 Å². The fraction of sp³-hybridized carbons (Fsp3) is 0.172. The van der Waals surface area contributed by atoms with Crippen molar-refractivity contribution in [1.29, 1.82) is 0 Å². The SMILES string of the molecule is COc1ccc(S(=O)(=O)c2cc(OC)ccc2S(=O)(=O)c2ccc([C@H](C)NS(=O)(=O)c3ccc(C)cc3)cc2)cc1. The van der Waals surface area contributed by atoms with Crippen molar-refractivity contribution in [3.05, 3.63) is 102 Å². The Morgan fingerprint density at radius 3 is 1.59 bits per heavy atom. The average Bonchev–Trinajstić information content (AvgIpc) is 2.96. The van der Waals surface area contributed by atoms with Crippen molar-refractivity contribution < 1.29 is 34.7 Å². The summed E-state index contributed by atoms with van der Waals surface area (Å²) in [5.74, 6) is 0.610. The number of rotatable bonds is 10. The van der Waals surface area contributed by atoms with Crippen molar-refractivity contribution in [3.8, 4) is 11.5 Å². The minimum Gasteiger partial charge on any atom is -0.497 e. The van der Waals surface area contributed by atoms with E-state index in [1.807, 2.05) is 6.92 Å². The first-order valence-corrected chi connectivity index (χ1v) is 16.8. The molecular formula is C29H29NO8S3. The molecule has 0 saturated heterocycles. The van der Waals surface area contributed by atoms with Crippen molar-refractivity contribution in [3.63, 3.8) is 0 Å². The molecule has 9 nitrogen and oxygen atoms in total. The summed E-state index contributed by atoms with van der Waals surface area (Å²) in [7, 11) is -9.63. The number of nitrogens with one attached hydrogen (secondary N) is 1. The molecule has 0 unspecified atom stereocenters. The highest BCUT2D eigenvalue weighted by atomic mass is 32.2. The molecule has 41 heavy (non-hydrogen) atoms. The first kappa shape index (κ1) is 30.3. The van der Waals surface area contributed by atoms with Crippen molar-refractivity contribution in [1.82, 2.24) is 4.72 Å². The van der Waals surface area contributed by atoms with E-state index < -0.39 is 45.5 Å². The monoisotopic (exact) mass is 615 g/mol. The second-order valence-corrected chi connectivity index (χ2v) is 14.8. The Morgan fingerprint density at radius 1 is 0.585 bits per heavy atom. The topological polar surface area (TPSA) is 133 Å². The van der Waals surface area contributed by atoms with Gasteiger partial charge in [-0.1, -0.05) is 29.8 Å². The fourth-order valence-corrected chi connectivity index (χ4v) is 8.64. The van der Waals surface area contributed by atoms with E-state index in [0.717, 1.165) is 5.56 Å². The maximum Gasteiger partial charge on any atom is 0.241 e. The first-order chi connectivity index (χ1) is 19.3. The molecule has 216 valence electrons. The van der Waals surface area contributed by atoms with Gasteiger partial charge in [-0.3, -0.25) is 0 Å². The number of hydrogen-bond donors (Lipinski definition) is 1. The van der Waals surface area contributed by atoms with E-state index in [1.54, 1.807) is 19.1 Å². The highest BCUT2D eigenvalue weighted by molar-refractivity contribution is 7.94. The lowest BCUT2D eigenvalue weighted by Crippen LogP contribution is -2.26. The van der Waals surface area contributed by atoms with Crippen molar-refractivity contribution >= 4 is 29.7 Å². The standard InChI is InChI=1S/C29H29NO8S3/c1-20-5-12-27(13-6-20)41(35,36)30-21(2)22-7-14-25(15-8-22)39(31,32)28-18-11-24(38-4)19-29(28)40(33,34)26-16-9-23(37-3)10-17-26/h5-19,21,30H,1-4H3/t21-/m0/s1. The summed E-state index contributed by atoms with van der Waals surface area (Å²) in [5.41, 5.74) is 1.44. The molecule has 1 atom stereocenters. The summed E-state index contributed by atoms with van der Waals surface area (Å²) in [6.07, 6.45) is 0. The lowest BCUT2D eigenvalue weighted by atomic mass is 10.1. The van der Waals surface area contributed by atoms with Gasteiger partial charge >= 0.3 is 0 Å². The maximum absolute atomic E-state index is 13.7.